The number of rotatable bonds is 5. The number of aryl methyl sites for hydroxylation is 1. The lowest BCUT2D eigenvalue weighted by molar-refractivity contribution is -0.000445. The van der Waals surface area contributed by atoms with E-state index in [4.69, 9.17) is 16.7 Å². The molecule has 0 amide bonds. The summed E-state index contributed by atoms with van der Waals surface area (Å²) in [6.07, 6.45) is -5.02. The zero-order chi connectivity index (χ0) is 13.2. The van der Waals surface area contributed by atoms with Crippen molar-refractivity contribution in [2.24, 2.45) is 0 Å². The van der Waals surface area contributed by atoms with E-state index in [0.29, 0.717) is 9.90 Å². The quantitative estimate of drug-likeness (QED) is 0.868. The Labute approximate surface area is 106 Å². The van der Waals surface area contributed by atoms with Gasteiger partial charge in [0.25, 0.3) is 6.43 Å². The Hall–Kier alpha value is -0.280. The monoisotopic (exact) mass is 305 g/mol. The van der Waals surface area contributed by atoms with Gasteiger partial charge in [0.1, 0.15) is 10.3 Å². The largest absolute Gasteiger partial charge is 0.386 e. The molecule has 0 saturated heterocycles. The Morgan fingerprint density at radius 2 is 2.18 bits per heavy atom. The number of hydrogen-bond donors (Lipinski definition) is 2. The first-order valence-corrected chi connectivity index (χ1v) is 7.13. The van der Waals surface area contributed by atoms with Gasteiger partial charge in [-0.1, -0.05) is 11.6 Å². The van der Waals surface area contributed by atoms with Crippen LogP contribution in [-0.4, -0.2) is 32.6 Å². The first kappa shape index (κ1) is 14.8. The van der Waals surface area contributed by atoms with Crippen LogP contribution >= 0.6 is 22.9 Å². The zero-order valence-corrected chi connectivity index (χ0v) is 11.0. The van der Waals surface area contributed by atoms with E-state index in [9.17, 15) is 17.2 Å². The Balaban J connectivity index is 2.76. The smallest absolute Gasteiger partial charge is 0.265 e. The highest BCUT2D eigenvalue weighted by molar-refractivity contribution is 7.91. The van der Waals surface area contributed by atoms with E-state index in [1.54, 1.807) is 6.92 Å². The SMILES string of the molecule is Cc1cc(S(=O)(=O)NCC(O)C(F)F)sc1Cl. The van der Waals surface area contributed by atoms with Crippen molar-refractivity contribution in [2.75, 3.05) is 6.54 Å². The van der Waals surface area contributed by atoms with Gasteiger partial charge < -0.3 is 5.11 Å². The van der Waals surface area contributed by atoms with E-state index >= 15 is 0 Å². The van der Waals surface area contributed by atoms with Gasteiger partial charge in [-0.2, -0.15) is 0 Å². The van der Waals surface area contributed by atoms with Crippen LogP contribution in [0.4, 0.5) is 8.78 Å². The van der Waals surface area contributed by atoms with Crippen molar-refractivity contribution in [3.8, 4) is 0 Å². The molecule has 0 aliphatic carbocycles. The third-order valence-corrected chi connectivity index (χ3v) is 5.33. The summed E-state index contributed by atoms with van der Waals surface area (Å²) in [5, 5.41) is 8.80. The molecule has 0 saturated carbocycles. The Morgan fingerprint density at radius 3 is 2.59 bits per heavy atom. The van der Waals surface area contributed by atoms with Crippen molar-refractivity contribution >= 4 is 33.0 Å². The van der Waals surface area contributed by atoms with Crippen molar-refractivity contribution in [1.82, 2.24) is 4.72 Å². The summed E-state index contributed by atoms with van der Waals surface area (Å²) in [5.74, 6) is 0. The van der Waals surface area contributed by atoms with Crippen LogP contribution in [0.5, 0.6) is 0 Å². The lowest BCUT2D eigenvalue weighted by Gasteiger charge is -2.09. The van der Waals surface area contributed by atoms with Gasteiger partial charge in [0.15, 0.2) is 0 Å². The molecular formula is C8H10ClF2NO3S2. The molecule has 0 fully saturated rings. The maximum Gasteiger partial charge on any atom is 0.265 e. The summed E-state index contributed by atoms with van der Waals surface area (Å²) < 4.78 is 49.3. The molecule has 98 valence electrons. The van der Waals surface area contributed by atoms with E-state index < -0.39 is 29.1 Å². The number of aliphatic hydroxyl groups is 1. The standard InChI is InChI=1S/C8H10ClF2NO3S2/c1-4-2-6(16-7(4)9)17(14,15)12-3-5(13)8(10)11/h2,5,8,12-13H,3H2,1H3. The molecule has 1 aromatic rings. The third kappa shape index (κ3) is 3.85. The van der Waals surface area contributed by atoms with Gasteiger partial charge in [0.05, 0.1) is 4.34 Å². The number of nitrogens with one attached hydrogen (secondary N) is 1. The summed E-state index contributed by atoms with van der Waals surface area (Å²) in [6, 6.07) is 1.34. The molecule has 2 N–H and O–H groups in total. The van der Waals surface area contributed by atoms with Crippen LogP contribution in [0.1, 0.15) is 5.56 Å². The minimum Gasteiger partial charge on any atom is -0.386 e. The molecular weight excluding hydrogens is 296 g/mol. The van der Waals surface area contributed by atoms with Crippen LogP contribution in [0.3, 0.4) is 0 Å². The molecule has 1 aromatic heterocycles. The first-order valence-electron chi connectivity index (χ1n) is 4.46. The second-order valence-electron chi connectivity index (χ2n) is 3.28. The van der Waals surface area contributed by atoms with Gasteiger partial charge in [0, 0.05) is 6.54 Å². The lowest BCUT2D eigenvalue weighted by Crippen LogP contribution is -2.35. The summed E-state index contributed by atoms with van der Waals surface area (Å²) in [7, 11) is -3.90. The molecule has 4 nitrogen and oxygen atoms in total. The molecule has 1 atom stereocenters. The third-order valence-electron chi connectivity index (χ3n) is 1.87. The second-order valence-corrected chi connectivity index (χ2v) is 6.92. The Morgan fingerprint density at radius 1 is 1.59 bits per heavy atom. The van der Waals surface area contributed by atoms with E-state index in [0.717, 1.165) is 11.3 Å². The van der Waals surface area contributed by atoms with Gasteiger partial charge in [-0.05, 0) is 18.6 Å². The van der Waals surface area contributed by atoms with Crippen molar-refractivity contribution in [3.05, 3.63) is 16.0 Å². The fourth-order valence-electron chi connectivity index (χ4n) is 0.920. The van der Waals surface area contributed by atoms with Crippen LogP contribution in [-0.2, 0) is 10.0 Å². The average molecular weight is 306 g/mol. The summed E-state index contributed by atoms with van der Waals surface area (Å²) in [4.78, 5) is 0. The molecule has 0 aliphatic heterocycles. The summed E-state index contributed by atoms with van der Waals surface area (Å²) in [6.45, 7) is 0.889. The van der Waals surface area contributed by atoms with E-state index in [2.05, 4.69) is 0 Å². The highest BCUT2D eigenvalue weighted by Gasteiger charge is 2.23. The van der Waals surface area contributed by atoms with Gasteiger partial charge in [0.2, 0.25) is 10.0 Å². The van der Waals surface area contributed by atoms with Crippen molar-refractivity contribution in [2.45, 2.75) is 23.7 Å². The van der Waals surface area contributed by atoms with Gasteiger partial charge in [-0.3, -0.25) is 0 Å². The first-order chi connectivity index (χ1) is 7.74. The molecule has 9 heteroatoms. The number of thiophene rings is 1. The molecule has 1 rings (SSSR count). The number of hydrogen-bond acceptors (Lipinski definition) is 4. The summed E-state index contributed by atoms with van der Waals surface area (Å²) in [5.41, 5.74) is 0.589. The lowest BCUT2D eigenvalue weighted by atomic mass is 10.4. The normalized spacial score (nSPS) is 14.2. The van der Waals surface area contributed by atoms with Gasteiger partial charge in [-0.25, -0.2) is 21.9 Å². The number of halogens is 3. The van der Waals surface area contributed by atoms with Crippen LogP contribution in [0.15, 0.2) is 10.3 Å². The maximum absolute atomic E-state index is 12.0. The summed E-state index contributed by atoms with van der Waals surface area (Å²) >= 11 is 6.53. The molecule has 0 aliphatic rings. The predicted molar refractivity (Wildman–Crippen MR) is 61.3 cm³/mol. The molecule has 0 aromatic carbocycles. The molecule has 0 radical (unpaired) electrons. The fourth-order valence-corrected chi connectivity index (χ4v) is 3.72. The van der Waals surface area contributed by atoms with Gasteiger partial charge >= 0.3 is 0 Å². The fraction of sp³-hybridized carbons (Fsp3) is 0.500. The van der Waals surface area contributed by atoms with E-state index in [-0.39, 0.29) is 4.21 Å². The van der Waals surface area contributed by atoms with Crippen LogP contribution < -0.4 is 4.72 Å². The number of sulfonamides is 1. The highest BCUT2D eigenvalue weighted by Crippen LogP contribution is 2.29. The van der Waals surface area contributed by atoms with E-state index in [1.165, 1.54) is 6.07 Å². The van der Waals surface area contributed by atoms with E-state index in [1.807, 2.05) is 4.72 Å². The van der Waals surface area contributed by atoms with Crippen molar-refractivity contribution < 1.29 is 22.3 Å². The van der Waals surface area contributed by atoms with Crippen LogP contribution in [0.25, 0.3) is 0 Å². The topological polar surface area (TPSA) is 66.4 Å². The Kier molecular flexibility index (Phi) is 4.85. The van der Waals surface area contributed by atoms with Crippen molar-refractivity contribution in [1.29, 1.82) is 0 Å². The maximum atomic E-state index is 12.0. The molecule has 0 bridgehead atoms. The van der Waals surface area contributed by atoms with Crippen LogP contribution in [0.2, 0.25) is 4.34 Å². The average Bonchev–Trinajstić information content (AvgIpc) is 2.56. The van der Waals surface area contributed by atoms with Gasteiger partial charge in [-0.15, -0.1) is 11.3 Å². The second kappa shape index (κ2) is 5.57. The minimum absolute atomic E-state index is 0.0681. The molecule has 0 spiro atoms. The molecule has 1 unspecified atom stereocenters. The Bertz CT molecular complexity index is 469. The molecule has 17 heavy (non-hydrogen) atoms. The predicted octanol–water partition coefficient (Wildman–Crippen LogP) is 1.61. The zero-order valence-electron chi connectivity index (χ0n) is 8.65. The number of aliphatic hydroxyl groups excluding tert-OH is 1. The van der Waals surface area contributed by atoms with Crippen LogP contribution in [0, 0.1) is 6.92 Å². The highest BCUT2D eigenvalue weighted by atomic mass is 35.5. The number of alkyl halides is 2. The molecule has 1 heterocycles. The minimum atomic E-state index is -3.90. The van der Waals surface area contributed by atoms with Crippen molar-refractivity contribution in [3.63, 3.8) is 0 Å².